The number of carbonyl (C=O) groups excluding carboxylic acids is 1. The van der Waals surface area contributed by atoms with Crippen molar-refractivity contribution in [2.24, 2.45) is 0 Å². The Morgan fingerprint density at radius 3 is 2.93 bits per heavy atom. The van der Waals surface area contributed by atoms with E-state index in [0.717, 1.165) is 5.56 Å². The summed E-state index contributed by atoms with van der Waals surface area (Å²) in [5.41, 5.74) is 1.46. The SMILES string of the molecule is COC(=O)Nc1ccccc1/C=C/CO. The summed E-state index contributed by atoms with van der Waals surface area (Å²) in [5, 5.41) is 11.2. The summed E-state index contributed by atoms with van der Waals surface area (Å²) in [6, 6.07) is 7.24. The number of methoxy groups -OCH3 is 1. The molecular formula is C11H13NO3. The van der Waals surface area contributed by atoms with Crippen LogP contribution in [0.1, 0.15) is 5.56 Å². The lowest BCUT2D eigenvalue weighted by Crippen LogP contribution is -2.11. The van der Waals surface area contributed by atoms with E-state index in [0.29, 0.717) is 5.69 Å². The fourth-order valence-corrected chi connectivity index (χ4v) is 1.10. The van der Waals surface area contributed by atoms with E-state index >= 15 is 0 Å². The van der Waals surface area contributed by atoms with Gasteiger partial charge in [-0.05, 0) is 11.6 Å². The van der Waals surface area contributed by atoms with Gasteiger partial charge in [-0.1, -0.05) is 30.4 Å². The van der Waals surface area contributed by atoms with Crippen molar-refractivity contribution >= 4 is 17.9 Å². The summed E-state index contributed by atoms with van der Waals surface area (Å²) in [4.78, 5) is 11.0. The Labute approximate surface area is 88.2 Å². The van der Waals surface area contributed by atoms with Gasteiger partial charge < -0.3 is 9.84 Å². The Morgan fingerprint density at radius 2 is 2.27 bits per heavy atom. The first-order chi connectivity index (χ1) is 7.27. The molecule has 80 valence electrons. The molecule has 1 aromatic carbocycles. The van der Waals surface area contributed by atoms with E-state index in [-0.39, 0.29) is 6.61 Å². The highest BCUT2D eigenvalue weighted by Crippen LogP contribution is 2.16. The number of aliphatic hydroxyl groups excluding tert-OH is 1. The van der Waals surface area contributed by atoms with Crippen LogP contribution < -0.4 is 5.32 Å². The normalized spacial score (nSPS) is 10.3. The number of carbonyl (C=O) groups is 1. The lowest BCUT2D eigenvalue weighted by Gasteiger charge is -2.06. The molecule has 0 spiro atoms. The number of benzene rings is 1. The smallest absolute Gasteiger partial charge is 0.411 e. The van der Waals surface area contributed by atoms with Crippen LogP contribution in [0.25, 0.3) is 6.08 Å². The average molecular weight is 207 g/mol. The molecule has 1 rings (SSSR count). The minimum atomic E-state index is -0.514. The van der Waals surface area contributed by atoms with Gasteiger partial charge in [-0.3, -0.25) is 5.32 Å². The second kappa shape index (κ2) is 5.82. The monoisotopic (exact) mass is 207 g/mol. The zero-order chi connectivity index (χ0) is 11.1. The molecule has 0 aliphatic heterocycles. The Morgan fingerprint density at radius 1 is 1.53 bits per heavy atom. The second-order valence-corrected chi connectivity index (χ2v) is 2.79. The molecule has 0 saturated heterocycles. The number of rotatable bonds is 3. The van der Waals surface area contributed by atoms with Crippen LogP contribution in [0, 0.1) is 0 Å². The number of nitrogens with one attached hydrogen (secondary N) is 1. The molecule has 4 heteroatoms. The third-order valence-electron chi connectivity index (χ3n) is 1.79. The summed E-state index contributed by atoms with van der Waals surface area (Å²) in [5.74, 6) is 0. The van der Waals surface area contributed by atoms with Gasteiger partial charge in [0.1, 0.15) is 0 Å². The van der Waals surface area contributed by atoms with Crippen LogP contribution in [0.3, 0.4) is 0 Å². The molecule has 0 unspecified atom stereocenters. The van der Waals surface area contributed by atoms with Crippen molar-refractivity contribution in [2.75, 3.05) is 19.0 Å². The Bertz CT molecular complexity index is 361. The maximum Gasteiger partial charge on any atom is 0.411 e. The van der Waals surface area contributed by atoms with Crippen LogP contribution in [0.15, 0.2) is 30.3 Å². The number of amides is 1. The highest BCUT2D eigenvalue weighted by atomic mass is 16.5. The van der Waals surface area contributed by atoms with Crippen LogP contribution in [-0.2, 0) is 4.74 Å². The first kappa shape index (κ1) is 11.3. The standard InChI is InChI=1S/C11H13NO3/c1-15-11(14)12-10-7-3-2-5-9(10)6-4-8-13/h2-7,13H,8H2,1H3,(H,12,14)/b6-4+. The van der Waals surface area contributed by atoms with E-state index in [1.54, 1.807) is 18.2 Å². The van der Waals surface area contributed by atoms with Gasteiger partial charge in [0.15, 0.2) is 0 Å². The Hall–Kier alpha value is -1.81. The minimum absolute atomic E-state index is 0.0352. The lowest BCUT2D eigenvalue weighted by molar-refractivity contribution is 0.187. The molecule has 0 radical (unpaired) electrons. The van der Waals surface area contributed by atoms with Crippen molar-refractivity contribution in [3.8, 4) is 0 Å². The van der Waals surface area contributed by atoms with Crippen molar-refractivity contribution in [3.05, 3.63) is 35.9 Å². The highest BCUT2D eigenvalue weighted by Gasteiger charge is 2.02. The van der Waals surface area contributed by atoms with E-state index in [1.165, 1.54) is 7.11 Å². The van der Waals surface area contributed by atoms with Crippen LogP contribution >= 0.6 is 0 Å². The predicted molar refractivity (Wildman–Crippen MR) is 58.6 cm³/mol. The first-order valence-electron chi connectivity index (χ1n) is 4.49. The number of hydrogen-bond acceptors (Lipinski definition) is 3. The van der Waals surface area contributed by atoms with Crippen LogP contribution in [0.2, 0.25) is 0 Å². The number of para-hydroxylation sites is 1. The van der Waals surface area contributed by atoms with Gasteiger partial charge in [0, 0.05) is 0 Å². The summed E-state index contributed by atoms with van der Waals surface area (Å²) in [6.45, 7) is -0.0352. The maximum absolute atomic E-state index is 11.0. The quantitative estimate of drug-likeness (QED) is 0.795. The molecule has 2 N–H and O–H groups in total. The van der Waals surface area contributed by atoms with Crippen LogP contribution in [-0.4, -0.2) is 24.9 Å². The first-order valence-corrected chi connectivity index (χ1v) is 4.49. The minimum Gasteiger partial charge on any atom is -0.453 e. The van der Waals surface area contributed by atoms with Gasteiger partial charge in [0.05, 0.1) is 19.4 Å². The van der Waals surface area contributed by atoms with Crippen molar-refractivity contribution in [1.82, 2.24) is 0 Å². The summed E-state index contributed by atoms with van der Waals surface area (Å²) >= 11 is 0. The molecular weight excluding hydrogens is 194 g/mol. The second-order valence-electron chi connectivity index (χ2n) is 2.79. The van der Waals surface area contributed by atoms with Crippen molar-refractivity contribution in [1.29, 1.82) is 0 Å². The molecule has 15 heavy (non-hydrogen) atoms. The summed E-state index contributed by atoms with van der Waals surface area (Å²) in [7, 11) is 1.31. The molecule has 0 heterocycles. The molecule has 0 saturated carbocycles. The van der Waals surface area contributed by atoms with Gasteiger partial charge in [0.25, 0.3) is 0 Å². The average Bonchev–Trinajstić information content (AvgIpc) is 2.28. The Balaban J connectivity index is 2.86. The number of aliphatic hydroxyl groups is 1. The molecule has 0 aromatic heterocycles. The van der Waals surface area contributed by atoms with Crippen LogP contribution in [0.4, 0.5) is 10.5 Å². The van der Waals surface area contributed by atoms with E-state index in [4.69, 9.17) is 5.11 Å². The zero-order valence-corrected chi connectivity index (χ0v) is 8.43. The lowest BCUT2D eigenvalue weighted by atomic mass is 10.1. The zero-order valence-electron chi connectivity index (χ0n) is 8.43. The number of hydrogen-bond donors (Lipinski definition) is 2. The molecule has 0 fully saturated rings. The van der Waals surface area contributed by atoms with Crippen molar-refractivity contribution < 1.29 is 14.6 Å². The molecule has 0 atom stereocenters. The van der Waals surface area contributed by atoms with E-state index in [1.807, 2.05) is 18.2 Å². The van der Waals surface area contributed by atoms with Crippen molar-refractivity contribution in [2.45, 2.75) is 0 Å². The largest absolute Gasteiger partial charge is 0.453 e. The Kier molecular flexibility index (Phi) is 4.37. The van der Waals surface area contributed by atoms with Gasteiger partial charge in [-0.15, -0.1) is 0 Å². The van der Waals surface area contributed by atoms with Gasteiger partial charge >= 0.3 is 6.09 Å². The maximum atomic E-state index is 11.0. The predicted octanol–water partition coefficient (Wildman–Crippen LogP) is 1.87. The molecule has 4 nitrogen and oxygen atoms in total. The molecule has 1 amide bonds. The van der Waals surface area contributed by atoms with E-state index in [9.17, 15) is 4.79 Å². The molecule has 0 aliphatic carbocycles. The van der Waals surface area contributed by atoms with Gasteiger partial charge in [-0.25, -0.2) is 4.79 Å². The molecule has 1 aromatic rings. The van der Waals surface area contributed by atoms with E-state index < -0.39 is 6.09 Å². The van der Waals surface area contributed by atoms with Crippen LogP contribution in [0.5, 0.6) is 0 Å². The fourth-order valence-electron chi connectivity index (χ4n) is 1.10. The fraction of sp³-hybridized carbons (Fsp3) is 0.182. The number of anilines is 1. The van der Waals surface area contributed by atoms with Gasteiger partial charge in [0.2, 0.25) is 0 Å². The molecule has 0 bridgehead atoms. The third-order valence-corrected chi connectivity index (χ3v) is 1.79. The molecule has 0 aliphatic rings. The topological polar surface area (TPSA) is 58.6 Å². The third kappa shape index (κ3) is 3.44. The van der Waals surface area contributed by atoms with Crippen molar-refractivity contribution in [3.63, 3.8) is 0 Å². The highest BCUT2D eigenvalue weighted by molar-refractivity contribution is 5.87. The van der Waals surface area contributed by atoms with Gasteiger partial charge in [-0.2, -0.15) is 0 Å². The summed E-state index contributed by atoms with van der Waals surface area (Å²) < 4.78 is 4.49. The summed E-state index contributed by atoms with van der Waals surface area (Å²) in [6.07, 6.45) is 2.81. The number of ether oxygens (including phenoxy) is 1. The van der Waals surface area contributed by atoms with E-state index in [2.05, 4.69) is 10.1 Å².